The van der Waals surface area contributed by atoms with E-state index in [0.717, 1.165) is 27.3 Å². The van der Waals surface area contributed by atoms with Gasteiger partial charge in [0.25, 0.3) is 5.88 Å². The molecule has 0 aliphatic heterocycles. The van der Waals surface area contributed by atoms with Crippen LogP contribution in [0.4, 0.5) is 19.0 Å². The maximum Gasteiger partial charge on any atom is 0.534 e. The van der Waals surface area contributed by atoms with Gasteiger partial charge in [0.1, 0.15) is 29.1 Å². The fourth-order valence-corrected chi connectivity index (χ4v) is 6.88. The lowest BCUT2D eigenvalue weighted by atomic mass is 10.0. The van der Waals surface area contributed by atoms with Crippen molar-refractivity contribution >= 4 is 44.6 Å². The quantitative estimate of drug-likeness (QED) is 0.0786. The first-order valence-electron chi connectivity index (χ1n) is 15.9. The largest absolute Gasteiger partial charge is 0.534 e. The van der Waals surface area contributed by atoms with Gasteiger partial charge >= 0.3 is 21.6 Å². The molecule has 0 atom stereocenters. The van der Waals surface area contributed by atoms with Crippen LogP contribution in [0.15, 0.2) is 117 Å². The predicted molar refractivity (Wildman–Crippen MR) is 201 cm³/mol. The van der Waals surface area contributed by atoms with Gasteiger partial charge in [-0.05, 0) is 64.9 Å². The summed E-state index contributed by atoms with van der Waals surface area (Å²) in [6.07, 6.45) is 5.76. The number of aromatic nitrogens is 2. The normalized spacial score (nSPS) is 11.1. The maximum absolute atomic E-state index is 12.7. The average molecular weight is 816 g/mol. The maximum atomic E-state index is 12.7. The summed E-state index contributed by atoms with van der Waals surface area (Å²) < 4.78 is 79.8. The number of nitriles is 2. The molecule has 0 saturated carbocycles. The Kier molecular flexibility index (Phi) is 11.7. The van der Waals surface area contributed by atoms with Gasteiger partial charge in [-0.25, -0.2) is 14.8 Å². The number of halogens is 3. The van der Waals surface area contributed by atoms with Crippen molar-refractivity contribution in [3.05, 3.63) is 131 Å². The van der Waals surface area contributed by atoms with Crippen molar-refractivity contribution in [1.82, 2.24) is 9.97 Å². The summed E-state index contributed by atoms with van der Waals surface area (Å²) in [7, 11) is -4.64. The molecule has 0 spiro atoms. The molecular weight excluding hydrogens is 792 g/mol. The van der Waals surface area contributed by atoms with Gasteiger partial charge in [0.05, 0.1) is 58.9 Å². The van der Waals surface area contributed by atoms with E-state index in [1.54, 1.807) is 59.6 Å². The van der Waals surface area contributed by atoms with Crippen molar-refractivity contribution in [1.29, 1.82) is 10.5 Å². The summed E-state index contributed by atoms with van der Waals surface area (Å²) in [4.78, 5) is 21.7. The number of ether oxygens (including phenoxy) is 1. The van der Waals surface area contributed by atoms with E-state index < -0.39 is 27.1 Å². The third-order valence-electron chi connectivity index (χ3n) is 7.75. The molecular formula is C38H24F3N5O7S3. The van der Waals surface area contributed by atoms with Crippen LogP contribution < -0.4 is 9.50 Å². The Morgan fingerprint density at radius 2 is 1.39 bits per heavy atom. The number of hydrogen-bond acceptors (Lipinski definition) is 14. The van der Waals surface area contributed by atoms with E-state index in [2.05, 4.69) is 20.6 Å². The van der Waals surface area contributed by atoms with Crippen LogP contribution in [0.3, 0.4) is 0 Å². The summed E-state index contributed by atoms with van der Waals surface area (Å²) in [6, 6.07) is 24.9. The third kappa shape index (κ3) is 8.63. The SMILES string of the molecule is COC(=O)c1ccc(CNc2nc(-c3cccs3)cc(-c3ccoc3)c2C#N)cc1.N#Cc1c(-c2ccoc2)cc(-c2cccs2)nc1OS(=O)(=O)C(F)(F)F. The van der Waals surface area contributed by atoms with Crippen LogP contribution in [-0.4, -0.2) is 37.0 Å². The van der Waals surface area contributed by atoms with Crippen LogP contribution in [0.2, 0.25) is 0 Å². The Morgan fingerprint density at radius 3 is 1.86 bits per heavy atom. The Balaban J connectivity index is 0.000000192. The molecule has 0 aliphatic carbocycles. The molecule has 0 saturated heterocycles. The predicted octanol–water partition coefficient (Wildman–Crippen LogP) is 9.51. The summed E-state index contributed by atoms with van der Waals surface area (Å²) >= 11 is 2.82. The second-order valence-electron chi connectivity index (χ2n) is 11.2. The first-order chi connectivity index (χ1) is 26.9. The molecule has 6 aromatic heterocycles. The number of rotatable bonds is 10. The van der Waals surface area contributed by atoms with Gasteiger partial charge in [-0.15, -0.1) is 22.7 Å². The molecule has 12 nitrogen and oxygen atoms in total. The minimum Gasteiger partial charge on any atom is -0.472 e. The van der Waals surface area contributed by atoms with Gasteiger partial charge in [0.15, 0.2) is 0 Å². The summed E-state index contributed by atoms with van der Waals surface area (Å²) in [5.74, 6) is -0.833. The number of alkyl halides is 3. The molecule has 0 radical (unpaired) electrons. The molecule has 282 valence electrons. The lowest BCUT2D eigenvalue weighted by Gasteiger charge is -2.13. The Morgan fingerprint density at radius 1 is 0.839 bits per heavy atom. The van der Waals surface area contributed by atoms with Gasteiger partial charge in [-0.1, -0.05) is 24.3 Å². The molecule has 7 rings (SSSR count). The number of nitrogens with zero attached hydrogens (tertiary/aromatic N) is 4. The molecule has 0 unspecified atom stereocenters. The fraction of sp³-hybridized carbons (Fsp3) is 0.0789. The number of thiophene rings is 2. The zero-order valence-corrected chi connectivity index (χ0v) is 31.1. The van der Waals surface area contributed by atoms with Crippen LogP contribution >= 0.6 is 22.7 Å². The lowest BCUT2D eigenvalue weighted by molar-refractivity contribution is -0.0501. The first kappa shape index (κ1) is 39.0. The minimum absolute atomic E-state index is 0.132. The highest BCUT2D eigenvalue weighted by Gasteiger charge is 2.49. The number of benzene rings is 1. The molecule has 7 aromatic rings. The molecule has 1 aromatic carbocycles. The number of carbonyl (C=O) groups is 1. The van der Waals surface area contributed by atoms with Crippen LogP contribution in [0.25, 0.3) is 43.4 Å². The molecule has 18 heteroatoms. The van der Waals surface area contributed by atoms with Crippen LogP contribution in [0.1, 0.15) is 27.0 Å². The van der Waals surface area contributed by atoms with E-state index in [4.69, 9.17) is 18.6 Å². The van der Waals surface area contributed by atoms with Crippen molar-refractivity contribution in [2.75, 3.05) is 12.4 Å². The van der Waals surface area contributed by atoms with Gasteiger partial charge in [0.2, 0.25) is 0 Å². The van der Waals surface area contributed by atoms with E-state index in [1.165, 1.54) is 43.1 Å². The molecule has 0 bridgehead atoms. The fourth-order valence-electron chi connectivity index (χ4n) is 5.08. The number of methoxy groups -OCH3 is 1. The Bertz CT molecular complexity index is 2630. The topological polar surface area (TPSA) is 181 Å². The monoisotopic (exact) mass is 815 g/mol. The third-order valence-corrected chi connectivity index (χ3v) is 10.5. The van der Waals surface area contributed by atoms with E-state index in [9.17, 15) is 36.9 Å². The van der Waals surface area contributed by atoms with Crippen molar-refractivity contribution < 1.29 is 44.1 Å². The van der Waals surface area contributed by atoms with E-state index in [0.29, 0.717) is 33.9 Å². The molecule has 6 heterocycles. The number of pyridine rings is 2. The number of carbonyl (C=O) groups excluding carboxylic acids is 1. The molecule has 1 N–H and O–H groups in total. The lowest BCUT2D eigenvalue weighted by Crippen LogP contribution is -2.28. The van der Waals surface area contributed by atoms with Crippen LogP contribution in [0.5, 0.6) is 5.88 Å². The van der Waals surface area contributed by atoms with Crippen LogP contribution in [-0.2, 0) is 21.4 Å². The Hall–Kier alpha value is -6.73. The van der Waals surface area contributed by atoms with Crippen molar-refractivity contribution in [2.45, 2.75) is 12.1 Å². The van der Waals surface area contributed by atoms with Gasteiger partial charge < -0.3 is 23.1 Å². The van der Waals surface area contributed by atoms with Crippen molar-refractivity contribution in [3.63, 3.8) is 0 Å². The first-order valence-corrected chi connectivity index (χ1v) is 19.0. The summed E-state index contributed by atoms with van der Waals surface area (Å²) in [5, 5.41) is 26.1. The number of hydrogen-bond donors (Lipinski definition) is 1. The Labute approximate surface area is 324 Å². The number of nitrogens with one attached hydrogen (secondary N) is 1. The zero-order valence-electron chi connectivity index (χ0n) is 28.6. The van der Waals surface area contributed by atoms with Gasteiger partial charge in [0, 0.05) is 28.8 Å². The van der Waals surface area contributed by atoms with Crippen molar-refractivity contribution in [3.8, 4) is 61.4 Å². The van der Waals surface area contributed by atoms with E-state index in [-0.39, 0.29) is 17.2 Å². The number of furan rings is 2. The zero-order chi connectivity index (χ0) is 39.9. The smallest absolute Gasteiger partial charge is 0.472 e. The van der Waals surface area contributed by atoms with Gasteiger partial charge in [-0.2, -0.15) is 32.1 Å². The van der Waals surface area contributed by atoms with E-state index in [1.807, 2.05) is 41.8 Å². The molecule has 56 heavy (non-hydrogen) atoms. The molecule has 0 fully saturated rings. The van der Waals surface area contributed by atoms with Crippen molar-refractivity contribution in [2.24, 2.45) is 0 Å². The summed E-state index contributed by atoms with van der Waals surface area (Å²) in [6.45, 7) is 0.446. The second kappa shape index (κ2) is 16.7. The standard InChI is InChI=1S/C23H17N3O3S.C15H7F3N2O4S2/c1-28-23(27)16-6-4-15(5-7-16)13-25-22-19(12-24)18(17-8-9-29-14-17)11-20(26-22)21-3-2-10-30-21;16-15(17,18)26(21,22)24-14-11(7-19)10(9-3-4-23-8-9)6-12(20-14)13-2-1-5-25-13/h2-11,14H,13H2,1H3,(H,25,26);1-6,8H. The molecule has 0 aliphatic rings. The number of esters is 1. The van der Waals surface area contributed by atoms with Gasteiger partial charge in [-0.3, -0.25) is 0 Å². The molecule has 0 amide bonds. The second-order valence-corrected chi connectivity index (χ2v) is 14.7. The highest BCUT2D eigenvalue weighted by Crippen LogP contribution is 2.38. The number of anilines is 1. The highest BCUT2D eigenvalue weighted by molar-refractivity contribution is 7.88. The summed E-state index contributed by atoms with van der Waals surface area (Å²) in [5.41, 5.74) is -1.24. The minimum atomic E-state index is -5.99. The highest BCUT2D eigenvalue weighted by atomic mass is 32.2. The average Bonchev–Trinajstić information content (AvgIpc) is 4.04. The van der Waals surface area contributed by atoms with Crippen LogP contribution in [0, 0.1) is 22.7 Å². The van der Waals surface area contributed by atoms with E-state index >= 15 is 0 Å².